The molecule has 0 bridgehead atoms. The first-order valence-electron chi connectivity index (χ1n) is 6.47. The van der Waals surface area contributed by atoms with E-state index in [2.05, 4.69) is 13.8 Å². The van der Waals surface area contributed by atoms with Gasteiger partial charge in [-0.2, -0.15) is 0 Å². The van der Waals surface area contributed by atoms with E-state index in [-0.39, 0.29) is 5.91 Å². The largest absolute Gasteiger partial charge is 0.343 e. The Kier molecular flexibility index (Phi) is 9.65. The van der Waals surface area contributed by atoms with Gasteiger partial charge < -0.3 is 4.90 Å². The minimum Gasteiger partial charge on any atom is -0.343 e. The molecule has 0 aliphatic rings. The second-order valence-electron chi connectivity index (χ2n) is 4.27. The minimum atomic E-state index is 0.239. The molecule has 0 N–H and O–H groups in total. The molecular weight excluding hydrogens is 186 g/mol. The summed E-state index contributed by atoms with van der Waals surface area (Å²) in [4.78, 5) is 13.3. The van der Waals surface area contributed by atoms with Gasteiger partial charge in [-0.05, 0) is 12.8 Å². The zero-order valence-electron chi connectivity index (χ0n) is 10.7. The number of carbonyl (C=O) groups excluding carboxylic acids is 1. The molecule has 90 valence electrons. The molecule has 15 heavy (non-hydrogen) atoms. The third-order valence-corrected chi connectivity index (χ3v) is 2.76. The van der Waals surface area contributed by atoms with Crippen molar-refractivity contribution in [1.82, 2.24) is 4.90 Å². The molecule has 0 rings (SSSR count). The number of hydrogen-bond donors (Lipinski definition) is 0. The fourth-order valence-electron chi connectivity index (χ4n) is 1.71. The Hall–Kier alpha value is -0.530. The van der Waals surface area contributed by atoms with Gasteiger partial charge in [0.2, 0.25) is 5.91 Å². The lowest BCUT2D eigenvalue weighted by molar-refractivity contribution is -0.129. The van der Waals surface area contributed by atoms with E-state index in [1.807, 2.05) is 4.90 Å². The fourth-order valence-corrected chi connectivity index (χ4v) is 1.71. The zero-order valence-corrected chi connectivity index (χ0v) is 10.7. The van der Waals surface area contributed by atoms with Gasteiger partial charge in [0.05, 0.1) is 0 Å². The van der Waals surface area contributed by atoms with Crippen molar-refractivity contribution in [1.29, 1.82) is 0 Å². The van der Waals surface area contributed by atoms with Crippen LogP contribution in [0.1, 0.15) is 65.7 Å². The molecule has 0 unspecified atom stereocenters. The number of amides is 1. The van der Waals surface area contributed by atoms with E-state index in [1.54, 1.807) is 6.92 Å². The molecule has 0 aliphatic carbocycles. The van der Waals surface area contributed by atoms with Gasteiger partial charge in [-0.3, -0.25) is 4.79 Å². The Morgan fingerprint density at radius 3 is 1.80 bits per heavy atom. The first-order valence-corrected chi connectivity index (χ1v) is 6.47. The van der Waals surface area contributed by atoms with Gasteiger partial charge >= 0.3 is 0 Å². The molecule has 0 aromatic carbocycles. The Morgan fingerprint density at radius 1 is 0.867 bits per heavy atom. The Balaban J connectivity index is 3.59. The average molecular weight is 213 g/mol. The third-order valence-electron chi connectivity index (χ3n) is 2.76. The second kappa shape index (κ2) is 10.0. The molecule has 2 heteroatoms. The number of carbonyl (C=O) groups is 1. The molecule has 0 aliphatic heterocycles. The van der Waals surface area contributed by atoms with Crippen LogP contribution < -0.4 is 0 Å². The summed E-state index contributed by atoms with van der Waals surface area (Å²) in [5, 5.41) is 0. The summed E-state index contributed by atoms with van der Waals surface area (Å²) in [7, 11) is 0. The summed E-state index contributed by atoms with van der Waals surface area (Å²) < 4.78 is 0. The van der Waals surface area contributed by atoms with E-state index < -0.39 is 0 Å². The molecule has 0 atom stereocenters. The van der Waals surface area contributed by atoms with Crippen molar-refractivity contribution in [3.63, 3.8) is 0 Å². The highest BCUT2D eigenvalue weighted by molar-refractivity contribution is 5.73. The van der Waals surface area contributed by atoms with E-state index in [0.29, 0.717) is 0 Å². The van der Waals surface area contributed by atoms with Crippen molar-refractivity contribution in [3.05, 3.63) is 0 Å². The van der Waals surface area contributed by atoms with Crippen LogP contribution in [-0.4, -0.2) is 23.9 Å². The second-order valence-corrected chi connectivity index (χ2v) is 4.27. The average Bonchev–Trinajstić information content (AvgIpc) is 2.21. The van der Waals surface area contributed by atoms with Crippen LogP contribution >= 0.6 is 0 Å². The molecule has 1 amide bonds. The number of rotatable bonds is 9. The maximum absolute atomic E-state index is 11.3. The smallest absolute Gasteiger partial charge is 0.219 e. The van der Waals surface area contributed by atoms with Crippen molar-refractivity contribution < 1.29 is 4.79 Å². The minimum absolute atomic E-state index is 0.239. The summed E-state index contributed by atoms with van der Waals surface area (Å²) in [6.07, 6.45) is 8.59. The molecule has 0 saturated carbocycles. The first kappa shape index (κ1) is 14.5. The van der Waals surface area contributed by atoms with Crippen molar-refractivity contribution in [3.8, 4) is 0 Å². The molecule has 0 fully saturated rings. The standard InChI is InChI=1S/C13H27NO/c1-4-6-8-10-12-14(13(3)15)11-9-7-5-2/h4-12H2,1-3H3. The monoisotopic (exact) mass is 213 g/mol. The van der Waals surface area contributed by atoms with Gasteiger partial charge in [-0.1, -0.05) is 46.0 Å². The maximum Gasteiger partial charge on any atom is 0.219 e. The quantitative estimate of drug-likeness (QED) is 0.536. The summed E-state index contributed by atoms with van der Waals surface area (Å²) in [5.74, 6) is 0.239. The van der Waals surface area contributed by atoms with E-state index in [0.717, 1.165) is 19.5 Å². The van der Waals surface area contributed by atoms with Crippen LogP contribution in [0.2, 0.25) is 0 Å². The summed E-state index contributed by atoms with van der Waals surface area (Å²) in [6.45, 7) is 8.00. The zero-order chi connectivity index (χ0) is 11.5. The lowest BCUT2D eigenvalue weighted by atomic mass is 10.2. The molecule has 0 heterocycles. The van der Waals surface area contributed by atoms with Crippen LogP contribution in [0.5, 0.6) is 0 Å². The van der Waals surface area contributed by atoms with Crippen LogP contribution in [-0.2, 0) is 4.79 Å². The maximum atomic E-state index is 11.3. The fraction of sp³-hybridized carbons (Fsp3) is 0.923. The van der Waals surface area contributed by atoms with Crippen LogP contribution in [0.3, 0.4) is 0 Å². The van der Waals surface area contributed by atoms with Crippen LogP contribution in [0.15, 0.2) is 0 Å². The molecule has 0 aromatic rings. The predicted molar refractivity (Wildman–Crippen MR) is 65.9 cm³/mol. The van der Waals surface area contributed by atoms with Gasteiger partial charge in [-0.15, -0.1) is 0 Å². The van der Waals surface area contributed by atoms with E-state index in [1.165, 1.54) is 38.5 Å². The summed E-state index contributed by atoms with van der Waals surface area (Å²) in [6, 6.07) is 0. The lowest BCUT2D eigenvalue weighted by Crippen LogP contribution is -2.30. The Labute approximate surface area is 95.0 Å². The van der Waals surface area contributed by atoms with E-state index in [9.17, 15) is 4.79 Å². The SMILES string of the molecule is CCCCCCN(CCCCC)C(C)=O. The Bertz CT molecular complexity index is 157. The molecule has 0 spiro atoms. The van der Waals surface area contributed by atoms with Crippen LogP contribution in [0, 0.1) is 0 Å². The lowest BCUT2D eigenvalue weighted by Gasteiger charge is -2.20. The topological polar surface area (TPSA) is 20.3 Å². The molecular formula is C13H27NO. The number of hydrogen-bond acceptors (Lipinski definition) is 1. The number of nitrogens with zero attached hydrogens (tertiary/aromatic N) is 1. The number of unbranched alkanes of at least 4 members (excludes halogenated alkanes) is 5. The Morgan fingerprint density at radius 2 is 1.33 bits per heavy atom. The molecule has 0 radical (unpaired) electrons. The van der Waals surface area contributed by atoms with Gasteiger partial charge in [0.1, 0.15) is 0 Å². The summed E-state index contributed by atoms with van der Waals surface area (Å²) in [5.41, 5.74) is 0. The highest BCUT2D eigenvalue weighted by Gasteiger charge is 2.06. The van der Waals surface area contributed by atoms with Crippen LogP contribution in [0.25, 0.3) is 0 Å². The highest BCUT2D eigenvalue weighted by Crippen LogP contribution is 2.04. The van der Waals surface area contributed by atoms with Gasteiger partial charge in [0.25, 0.3) is 0 Å². The first-order chi connectivity index (χ1) is 7.22. The van der Waals surface area contributed by atoms with Crippen molar-refractivity contribution in [2.45, 2.75) is 65.7 Å². The summed E-state index contributed by atoms with van der Waals surface area (Å²) >= 11 is 0. The highest BCUT2D eigenvalue weighted by atomic mass is 16.2. The van der Waals surface area contributed by atoms with Gasteiger partial charge in [0, 0.05) is 20.0 Å². The van der Waals surface area contributed by atoms with E-state index in [4.69, 9.17) is 0 Å². The molecule has 0 aromatic heterocycles. The van der Waals surface area contributed by atoms with Crippen molar-refractivity contribution in [2.75, 3.05) is 13.1 Å². The van der Waals surface area contributed by atoms with Gasteiger partial charge in [-0.25, -0.2) is 0 Å². The third kappa shape index (κ3) is 8.46. The van der Waals surface area contributed by atoms with E-state index >= 15 is 0 Å². The predicted octanol–water partition coefficient (Wildman–Crippen LogP) is 3.61. The van der Waals surface area contributed by atoms with Crippen LogP contribution in [0.4, 0.5) is 0 Å². The van der Waals surface area contributed by atoms with Crippen molar-refractivity contribution >= 4 is 5.91 Å². The normalized spacial score (nSPS) is 10.3. The van der Waals surface area contributed by atoms with Crippen molar-refractivity contribution in [2.24, 2.45) is 0 Å². The molecule has 2 nitrogen and oxygen atoms in total. The van der Waals surface area contributed by atoms with Gasteiger partial charge in [0.15, 0.2) is 0 Å². The molecule has 0 saturated heterocycles.